The van der Waals surface area contributed by atoms with Gasteiger partial charge in [0.15, 0.2) is 0 Å². The van der Waals surface area contributed by atoms with Crippen LogP contribution in [-0.4, -0.2) is 0 Å². The van der Waals surface area contributed by atoms with Crippen molar-refractivity contribution in [1.82, 2.24) is 0 Å². The van der Waals surface area contributed by atoms with Crippen LogP contribution in [0.15, 0.2) is 59.2 Å². The van der Waals surface area contributed by atoms with Gasteiger partial charge >= 0.3 is 0 Å². The average Bonchev–Trinajstić information content (AvgIpc) is 3.42. The Bertz CT molecular complexity index is 1210. The minimum atomic E-state index is 0.142. The lowest BCUT2D eigenvalue weighted by atomic mass is 9.60. The highest BCUT2D eigenvalue weighted by molar-refractivity contribution is 5.81. The van der Waals surface area contributed by atoms with E-state index in [0.29, 0.717) is 11.8 Å². The van der Waals surface area contributed by atoms with Crippen LogP contribution >= 0.6 is 0 Å². The summed E-state index contributed by atoms with van der Waals surface area (Å²) in [4.78, 5) is 0. The fourth-order valence-corrected chi connectivity index (χ4v) is 7.28. The van der Waals surface area contributed by atoms with Crippen molar-refractivity contribution in [2.75, 3.05) is 0 Å². The second-order valence-corrected chi connectivity index (χ2v) is 15.3. The molecule has 0 aliphatic heterocycles. The molecule has 0 radical (unpaired) electrons. The highest BCUT2D eigenvalue weighted by Gasteiger charge is 2.53. The maximum Gasteiger partial charge on any atom is 0.0201 e. The second kappa shape index (κ2) is 7.96. The molecule has 5 rings (SSSR count). The summed E-state index contributed by atoms with van der Waals surface area (Å²) in [6.45, 7) is 26.2. The van der Waals surface area contributed by atoms with Crippen molar-refractivity contribution in [2.45, 2.75) is 112 Å². The summed E-state index contributed by atoms with van der Waals surface area (Å²) in [6, 6.07) is 14.9. The van der Waals surface area contributed by atoms with Gasteiger partial charge in [-0.25, -0.2) is 0 Å². The van der Waals surface area contributed by atoms with Crippen LogP contribution in [0.25, 0.3) is 11.1 Å². The summed E-state index contributed by atoms with van der Waals surface area (Å²) in [7, 11) is 0. The zero-order valence-electron chi connectivity index (χ0n) is 24.8. The SMILES string of the molecule is CC(C)C1(C2c3ccc(C(C)(C)C)cc3-c3cc(C(C)(C)C)ccc32)CCC2=C1C=C(C(C)(C)C)C2. The van der Waals surface area contributed by atoms with E-state index in [2.05, 4.69) is 119 Å². The van der Waals surface area contributed by atoms with Crippen molar-refractivity contribution in [2.24, 2.45) is 16.7 Å². The van der Waals surface area contributed by atoms with Gasteiger partial charge in [-0.05, 0) is 80.4 Å². The number of benzene rings is 2. The van der Waals surface area contributed by atoms with Gasteiger partial charge < -0.3 is 0 Å². The van der Waals surface area contributed by atoms with E-state index < -0.39 is 0 Å². The highest BCUT2D eigenvalue weighted by atomic mass is 14.6. The second-order valence-electron chi connectivity index (χ2n) is 15.3. The Morgan fingerprint density at radius 2 is 1.22 bits per heavy atom. The highest BCUT2D eigenvalue weighted by Crippen LogP contribution is 2.66. The number of rotatable bonds is 2. The van der Waals surface area contributed by atoms with Gasteiger partial charge in [-0.1, -0.05) is 130 Å². The van der Waals surface area contributed by atoms with E-state index in [4.69, 9.17) is 0 Å². The lowest BCUT2D eigenvalue weighted by Crippen LogP contribution is -2.34. The molecule has 0 heterocycles. The normalized spacial score (nSPS) is 22.3. The molecule has 36 heavy (non-hydrogen) atoms. The molecular formula is C36H48. The summed E-state index contributed by atoms with van der Waals surface area (Å²) in [5.74, 6) is 1.00. The van der Waals surface area contributed by atoms with Crippen molar-refractivity contribution in [1.29, 1.82) is 0 Å². The lowest BCUT2D eigenvalue weighted by molar-refractivity contribution is 0.217. The van der Waals surface area contributed by atoms with Gasteiger partial charge in [-0.3, -0.25) is 0 Å². The topological polar surface area (TPSA) is 0 Å². The molecule has 0 saturated carbocycles. The smallest absolute Gasteiger partial charge is 0.0201 e. The van der Waals surface area contributed by atoms with E-state index in [1.54, 1.807) is 27.8 Å². The standard InChI is InChI=1S/C36H48/c1-22(2)36(17-16-23-18-26(21-31(23)36)35(9,10)11)32-27-14-12-24(33(3,4)5)19-29(27)30-20-25(34(6,7)8)13-15-28(30)32/h12-15,19-22,32H,16-18H2,1-11H3. The number of hydrogen-bond donors (Lipinski definition) is 0. The molecular weight excluding hydrogens is 432 g/mol. The number of fused-ring (bicyclic) bond motifs is 3. The molecule has 3 aliphatic carbocycles. The fourth-order valence-electron chi connectivity index (χ4n) is 7.28. The van der Waals surface area contributed by atoms with Crippen molar-refractivity contribution in [3.05, 3.63) is 81.4 Å². The predicted octanol–water partition coefficient (Wildman–Crippen LogP) is 10.5. The molecule has 3 aliphatic rings. The molecule has 0 aromatic heterocycles. The van der Waals surface area contributed by atoms with E-state index in [-0.39, 0.29) is 21.7 Å². The Hall–Kier alpha value is -2.08. The van der Waals surface area contributed by atoms with E-state index >= 15 is 0 Å². The van der Waals surface area contributed by atoms with Crippen LogP contribution in [0.4, 0.5) is 0 Å². The summed E-state index contributed by atoms with van der Waals surface area (Å²) >= 11 is 0. The van der Waals surface area contributed by atoms with Gasteiger partial charge in [0, 0.05) is 11.3 Å². The zero-order valence-corrected chi connectivity index (χ0v) is 24.8. The minimum absolute atomic E-state index is 0.142. The summed E-state index contributed by atoms with van der Waals surface area (Å²) in [5, 5.41) is 0. The van der Waals surface area contributed by atoms with E-state index in [1.807, 2.05) is 0 Å². The van der Waals surface area contributed by atoms with E-state index in [9.17, 15) is 0 Å². The quantitative estimate of drug-likeness (QED) is 0.401. The van der Waals surface area contributed by atoms with Crippen LogP contribution < -0.4 is 0 Å². The van der Waals surface area contributed by atoms with Crippen LogP contribution in [0.2, 0.25) is 0 Å². The van der Waals surface area contributed by atoms with Gasteiger partial charge in [-0.15, -0.1) is 0 Å². The first-order valence-corrected chi connectivity index (χ1v) is 14.3. The molecule has 0 nitrogen and oxygen atoms in total. The van der Waals surface area contributed by atoms with E-state index in [0.717, 1.165) is 0 Å². The van der Waals surface area contributed by atoms with Crippen molar-refractivity contribution >= 4 is 0 Å². The largest absolute Gasteiger partial charge is 0.0623 e. The molecule has 0 amide bonds. The maximum atomic E-state index is 2.65. The lowest BCUT2D eigenvalue weighted by Gasteiger charge is -2.43. The monoisotopic (exact) mass is 480 g/mol. The maximum absolute atomic E-state index is 2.65. The van der Waals surface area contributed by atoms with Crippen molar-refractivity contribution in [3.8, 4) is 11.1 Å². The molecule has 0 bridgehead atoms. The Balaban J connectivity index is 1.77. The predicted molar refractivity (Wildman–Crippen MR) is 157 cm³/mol. The third-order valence-electron chi connectivity index (χ3n) is 9.70. The Kier molecular flexibility index (Phi) is 5.65. The Morgan fingerprint density at radius 3 is 1.64 bits per heavy atom. The molecule has 0 spiro atoms. The third-order valence-corrected chi connectivity index (χ3v) is 9.70. The molecule has 0 saturated heterocycles. The fraction of sp³-hybridized carbons (Fsp3) is 0.556. The summed E-state index contributed by atoms with van der Waals surface area (Å²) in [6.07, 6.45) is 6.36. The minimum Gasteiger partial charge on any atom is -0.0623 e. The van der Waals surface area contributed by atoms with Crippen LogP contribution in [-0.2, 0) is 10.8 Å². The molecule has 2 aromatic carbocycles. The molecule has 0 fully saturated rings. The number of allylic oxidation sites excluding steroid dienone is 4. The molecule has 1 unspecified atom stereocenters. The first-order chi connectivity index (χ1) is 16.5. The van der Waals surface area contributed by atoms with Gasteiger partial charge in [0.25, 0.3) is 0 Å². The molecule has 192 valence electrons. The summed E-state index contributed by atoms with van der Waals surface area (Å²) < 4.78 is 0. The summed E-state index contributed by atoms with van der Waals surface area (Å²) in [5.41, 5.74) is 14.7. The van der Waals surface area contributed by atoms with Crippen LogP contribution in [0.5, 0.6) is 0 Å². The zero-order chi connectivity index (χ0) is 26.4. The molecule has 0 N–H and O–H groups in total. The molecule has 2 aromatic rings. The third kappa shape index (κ3) is 3.77. The van der Waals surface area contributed by atoms with Gasteiger partial charge in [0.2, 0.25) is 0 Å². The average molecular weight is 481 g/mol. The van der Waals surface area contributed by atoms with Crippen LogP contribution in [0.1, 0.15) is 124 Å². The van der Waals surface area contributed by atoms with Gasteiger partial charge in [0.1, 0.15) is 0 Å². The van der Waals surface area contributed by atoms with Crippen molar-refractivity contribution in [3.63, 3.8) is 0 Å². The first kappa shape index (κ1) is 25.6. The molecule has 1 atom stereocenters. The van der Waals surface area contributed by atoms with Gasteiger partial charge in [0.05, 0.1) is 0 Å². The number of hydrogen-bond acceptors (Lipinski definition) is 0. The van der Waals surface area contributed by atoms with Crippen molar-refractivity contribution < 1.29 is 0 Å². The Labute approximate surface area is 221 Å². The van der Waals surface area contributed by atoms with E-state index in [1.165, 1.54) is 41.5 Å². The Morgan fingerprint density at radius 1 is 0.722 bits per heavy atom. The van der Waals surface area contributed by atoms with Gasteiger partial charge in [-0.2, -0.15) is 0 Å². The molecule has 0 heteroatoms. The van der Waals surface area contributed by atoms with Crippen LogP contribution in [0.3, 0.4) is 0 Å². The van der Waals surface area contributed by atoms with Crippen LogP contribution in [0, 0.1) is 16.7 Å². The first-order valence-electron chi connectivity index (χ1n) is 14.3.